The fraction of sp³-hybridized carbons (Fsp3) is 0.409. The van der Waals surface area contributed by atoms with Gasteiger partial charge in [-0.3, -0.25) is 4.98 Å². The molecule has 0 unspecified atom stereocenters. The summed E-state index contributed by atoms with van der Waals surface area (Å²) < 4.78 is 13.0. The summed E-state index contributed by atoms with van der Waals surface area (Å²) in [4.78, 5) is 4.55. The molecule has 0 bridgehead atoms. The summed E-state index contributed by atoms with van der Waals surface area (Å²) in [7, 11) is 0. The van der Waals surface area contributed by atoms with Crippen molar-refractivity contribution in [2.45, 2.75) is 45.4 Å². The molecule has 0 atom stereocenters. The molecule has 1 nitrogen and oxygen atoms in total. The number of aryl methyl sites for hydroxylation is 1. The van der Waals surface area contributed by atoms with Gasteiger partial charge in [0, 0.05) is 11.8 Å². The van der Waals surface area contributed by atoms with E-state index in [2.05, 4.69) is 30.1 Å². The maximum Gasteiger partial charge on any atom is 0.123 e. The zero-order chi connectivity index (χ0) is 16.8. The number of pyridine rings is 1. The molecular formula is C22H26FN. The maximum atomic E-state index is 13.0. The van der Waals surface area contributed by atoms with Crippen LogP contribution in [-0.2, 0) is 6.42 Å². The molecule has 0 radical (unpaired) electrons. The second-order valence-electron chi connectivity index (χ2n) is 6.90. The van der Waals surface area contributed by atoms with Gasteiger partial charge in [0.1, 0.15) is 5.82 Å². The van der Waals surface area contributed by atoms with E-state index >= 15 is 0 Å². The lowest BCUT2D eigenvalue weighted by atomic mass is 9.79. The van der Waals surface area contributed by atoms with Crippen molar-refractivity contribution in [1.29, 1.82) is 0 Å². The molecule has 126 valence electrons. The lowest BCUT2D eigenvalue weighted by Crippen LogP contribution is -2.13. The molecule has 1 aromatic heterocycles. The monoisotopic (exact) mass is 323 g/mol. The minimum atomic E-state index is -0.209. The summed E-state index contributed by atoms with van der Waals surface area (Å²) in [6, 6.07) is 10.7. The largest absolute Gasteiger partial charge is 0.256 e. The highest BCUT2D eigenvalue weighted by atomic mass is 19.1. The van der Waals surface area contributed by atoms with Gasteiger partial charge in [-0.2, -0.15) is 0 Å². The number of nitrogens with zero attached hydrogens (tertiary/aromatic N) is 1. The molecule has 0 aliphatic heterocycles. The van der Waals surface area contributed by atoms with Gasteiger partial charge in [-0.1, -0.05) is 18.2 Å². The zero-order valence-electron chi connectivity index (χ0n) is 14.4. The number of aromatic nitrogens is 1. The first kappa shape index (κ1) is 16.9. The molecule has 0 spiro atoms. The molecule has 24 heavy (non-hydrogen) atoms. The van der Waals surface area contributed by atoms with Crippen molar-refractivity contribution in [3.63, 3.8) is 0 Å². The summed E-state index contributed by atoms with van der Waals surface area (Å²) in [6.07, 6.45) is 14.3. The first-order chi connectivity index (χ1) is 11.7. The van der Waals surface area contributed by atoms with Gasteiger partial charge in [-0.25, -0.2) is 4.39 Å². The number of benzene rings is 1. The van der Waals surface area contributed by atoms with Crippen LogP contribution in [0.4, 0.5) is 4.39 Å². The second-order valence-corrected chi connectivity index (χ2v) is 6.90. The molecule has 0 N–H and O–H groups in total. The van der Waals surface area contributed by atoms with Gasteiger partial charge < -0.3 is 0 Å². The Hall–Kier alpha value is -1.96. The van der Waals surface area contributed by atoms with E-state index in [-0.39, 0.29) is 5.82 Å². The highest BCUT2D eigenvalue weighted by Gasteiger charge is 2.19. The van der Waals surface area contributed by atoms with Crippen LogP contribution in [0.3, 0.4) is 0 Å². The molecule has 1 aliphatic rings. The SMILES string of the molecule is C/C=C/[C@H]1CC[C@H](CCc2ccc(-c3ccc(F)cc3)nc2)CC1. The predicted octanol–water partition coefficient (Wildman–Crippen LogP) is 6.20. The molecule has 1 heterocycles. The van der Waals surface area contributed by atoms with Crippen molar-refractivity contribution in [3.05, 3.63) is 66.1 Å². The van der Waals surface area contributed by atoms with Gasteiger partial charge in [0.05, 0.1) is 5.69 Å². The van der Waals surface area contributed by atoms with E-state index in [1.165, 1.54) is 49.8 Å². The zero-order valence-corrected chi connectivity index (χ0v) is 14.4. The fourth-order valence-electron chi connectivity index (χ4n) is 3.68. The standard InChI is InChI=1S/C22H26FN/c1-2-3-17-4-6-18(7-5-17)8-9-19-10-15-22(24-16-19)20-11-13-21(23)14-12-20/h2-3,10-18H,4-9H2,1H3/b3-2+/t17-,18-. The van der Waals surface area contributed by atoms with Gasteiger partial charge in [0.25, 0.3) is 0 Å². The Bertz CT molecular complexity index is 649. The Kier molecular flexibility index (Phi) is 5.79. The molecule has 1 aliphatic carbocycles. The van der Waals surface area contributed by atoms with Crippen LogP contribution < -0.4 is 0 Å². The van der Waals surface area contributed by atoms with Crippen molar-refractivity contribution in [3.8, 4) is 11.3 Å². The Balaban J connectivity index is 1.51. The van der Waals surface area contributed by atoms with Crippen molar-refractivity contribution >= 4 is 0 Å². The highest BCUT2D eigenvalue weighted by molar-refractivity contribution is 5.58. The third kappa shape index (κ3) is 4.53. The van der Waals surface area contributed by atoms with Crippen LogP contribution in [0.25, 0.3) is 11.3 Å². The van der Waals surface area contributed by atoms with Gasteiger partial charge in [0.2, 0.25) is 0 Å². The number of rotatable bonds is 5. The molecule has 2 aromatic rings. The minimum absolute atomic E-state index is 0.209. The fourth-order valence-corrected chi connectivity index (χ4v) is 3.68. The van der Waals surface area contributed by atoms with Crippen molar-refractivity contribution in [2.24, 2.45) is 11.8 Å². The Morgan fingerprint density at radius 3 is 2.42 bits per heavy atom. The van der Waals surface area contributed by atoms with Crippen LogP contribution >= 0.6 is 0 Å². The number of hydrogen-bond acceptors (Lipinski definition) is 1. The third-order valence-electron chi connectivity index (χ3n) is 5.16. The third-order valence-corrected chi connectivity index (χ3v) is 5.16. The molecule has 1 fully saturated rings. The van der Waals surface area contributed by atoms with Crippen molar-refractivity contribution in [1.82, 2.24) is 4.98 Å². The van der Waals surface area contributed by atoms with Gasteiger partial charge >= 0.3 is 0 Å². The second kappa shape index (κ2) is 8.23. The minimum Gasteiger partial charge on any atom is -0.256 e. The number of hydrogen-bond donors (Lipinski definition) is 0. The molecule has 2 heteroatoms. The van der Waals surface area contributed by atoms with E-state index in [1.54, 1.807) is 12.1 Å². The van der Waals surface area contributed by atoms with Crippen molar-refractivity contribution < 1.29 is 4.39 Å². The Labute approximate surface area is 144 Å². The van der Waals surface area contributed by atoms with E-state index in [9.17, 15) is 4.39 Å². The molecule has 1 saturated carbocycles. The average Bonchev–Trinajstić information content (AvgIpc) is 2.63. The molecular weight excluding hydrogens is 297 g/mol. The predicted molar refractivity (Wildman–Crippen MR) is 98.2 cm³/mol. The quantitative estimate of drug-likeness (QED) is 0.597. The first-order valence-corrected chi connectivity index (χ1v) is 9.08. The van der Waals surface area contributed by atoms with E-state index in [0.717, 1.165) is 29.5 Å². The van der Waals surface area contributed by atoms with E-state index < -0.39 is 0 Å². The summed E-state index contributed by atoms with van der Waals surface area (Å²) in [5, 5.41) is 0. The Morgan fingerprint density at radius 2 is 1.79 bits per heavy atom. The first-order valence-electron chi connectivity index (χ1n) is 9.08. The molecule has 3 rings (SSSR count). The van der Waals surface area contributed by atoms with Crippen LogP contribution in [0.15, 0.2) is 54.7 Å². The summed E-state index contributed by atoms with van der Waals surface area (Å²) in [6.45, 7) is 2.12. The highest BCUT2D eigenvalue weighted by Crippen LogP contribution is 2.32. The van der Waals surface area contributed by atoms with Crippen LogP contribution in [0.1, 0.15) is 44.6 Å². The van der Waals surface area contributed by atoms with E-state index in [1.807, 2.05) is 12.3 Å². The van der Waals surface area contributed by atoms with Gasteiger partial charge in [-0.15, -0.1) is 0 Å². The number of allylic oxidation sites excluding steroid dienone is 2. The van der Waals surface area contributed by atoms with Crippen LogP contribution in [0, 0.1) is 17.7 Å². The maximum absolute atomic E-state index is 13.0. The van der Waals surface area contributed by atoms with Crippen LogP contribution in [0.2, 0.25) is 0 Å². The lowest BCUT2D eigenvalue weighted by Gasteiger charge is -2.26. The van der Waals surface area contributed by atoms with Crippen molar-refractivity contribution in [2.75, 3.05) is 0 Å². The lowest BCUT2D eigenvalue weighted by molar-refractivity contribution is 0.296. The molecule has 0 amide bonds. The van der Waals surface area contributed by atoms with E-state index in [4.69, 9.17) is 0 Å². The number of halogens is 1. The summed E-state index contributed by atoms with van der Waals surface area (Å²) in [5.74, 6) is 1.46. The van der Waals surface area contributed by atoms with Crippen LogP contribution in [0.5, 0.6) is 0 Å². The normalized spacial score (nSPS) is 21.2. The summed E-state index contributed by atoms with van der Waals surface area (Å²) in [5.41, 5.74) is 3.17. The molecule has 1 aromatic carbocycles. The smallest absolute Gasteiger partial charge is 0.123 e. The molecule has 0 saturated heterocycles. The van der Waals surface area contributed by atoms with Gasteiger partial charge in [0.15, 0.2) is 0 Å². The van der Waals surface area contributed by atoms with Crippen LogP contribution in [-0.4, -0.2) is 4.98 Å². The summed E-state index contributed by atoms with van der Waals surface area (Å²) >= 11 is 0. The van der Waals surface area contributed by atoms with E-state index in [0.29, 0.717) is 0 Å². The Morgan fingerprint density at radius 1 is 1.04 bits per heavy atom. The topological polar surface area (TPSA) is 12.9 Å². The average molecular weight is 323 g/mol. The van der Waals surface area contributed by atoms with Gasteiger partial charge in [-0.05, 0) is 93.2 Å².